The van der Waals surface area contributed by atoms with Crippen molar-refractivity contribution >= 4 is 16.7 Å². The molecule has 0 aromatic carbocycles. The summed E-state index contributed by atoms with van der Waals surface area (Å²) in [6.45, 7) is 1.44. The predicted octanol–water partition coefficient (Wildman–Crippen LogP) is -0.767. The molecule has 1 saturated heterocycles. The third-order valence-corrected chi connectivity index (χ3v) is 2.84. The van der Waals surface area contributed by atoms with Gasteiger partial charge >= 0.3 is 0 Å². The van der Waals surface area contributed by atoms with Gasteiger partial charge in [0.05, 0.1) is 6.04 Å². The number of rotatable bonds is 4. The van der Waals surface area contributed by atoms with Crippen molar-refractivity contribution in [2.45, 2.75) is 18.9 Å². The van der Waals surface area contributed by atoms with Gasteiger partial charge < -0.3 is 10.6 Å². The minimum absolute atomic E-state index is 0.0229. The van der Waals surface area contributed by atoms with E-state index < -0.39 is 10.8 Å². The number of hydrogen-bond donors (Lipinski definition) is 2. The number of hydrogen-bond acceptors (Lipinski definition) is 3. The second-order valence-electron chi connectivity index (χ2n) is 3.22. The molecule has 1 heterocycles. The summed E-state index contributed by atoms with van der Waals surface area (Å²) in [6.07, 6.45) is 3.62. The second-order valence-corrected chi connectivity index (χ2v) is 4.77. The van der Waals surface area contributed by atoms with E-state index in [2.05, 4.69) is 10.6 Å². The first kappa shape index (κ1) is 10.7. The maximum atomic E-state index is 11.4. The van der Waals surface area contributed by atoms with Gasteiger partial charge in [-0.05, 0) is 19.4 Å². The summed E-state index contributed by atoms with van der Waals surface area (Å²) in [5, 5.41) is 5.87. The van der Waals surface area contributed by atoms with Gasteiger partial charge in [-0.3, -0.25) is 9.00 Å². The zero-order valence-electron chi connectivity index (χ0n) is 7.84. The van der Waals surface area contributed by atoms with Crippen molar-refractivity contribution in [1.82, 2.24) is 10.6 Å². The van der Waals surface area contributed by atoms with E-state index in [0.29, 0.717) is 12.3 Å². The molecule has 1 amide bonds. The summed E-state index contributed by atoms with van der Waals surface area (Å²) in [5.74, 6) is 0.585. The van der Waals surface area contributed by atoms with Crippen LogP contribution in [0.1, 0.15) is 12.8 Å². The zero-order chi connectivity index (χ0) is 9.68. The molecular weight excluding hydrogens is 188 g/mol. The summed E-state index contributed by atoms with van der Waals surface area (Å²) in [6, 6.07) is -0.0229. The van der Waals surface area contributed by atoms with E-state index >= 15 is 0 Å². The van der Waals surface area contributed by atoms with Crippen molar-refractivity contribution in [2.75, 3.05) is 25.1 Å². The van der Waals surface area contributed by atoms with Crippen molar-refractivity contribution in [3.63, 3.8) is 0 Å². The van der Waals surface area contributed by atoms with Gasteiger partial charge in [0.15, 0.2) is 0 Å². The fraction of sp³-hybridized carbons (Fsp3) is 0.875. The molecule has 1 fully saturated rings. The minimum atomic E-state index is -0.819. The lowest BCUT2D eigenvalue weighted by molar-refractivity contribution is -0.122. The van der Waals surface area contributed by atoms with Gasteiger partial charge in [0.1, 0.15) is 0 Å². The molecule has 2 N–H and O–H groups in total. The summed E-state index contributed by atoms with van der Waals surface area (Å²) < 4.78 is 10.7. The Morgan fingerprint density at radius 3 is 3.00 bits per heavy atom. The molecule has 0 aromatic rings. The zero-order valence-corrected chi connectivity index (χ0v) is 8.65. The largest absolute Gasteiger partial charge is 0.354 e. The summed E-state index contributed by atoms with van der Waals surface area (Å²) in [5.41, 5.74) is 0. The number of amides is 1. The molecule has 0 saturated carbocycles. The first-order valence-electron chi connectivity index (χ1n) is 4.51. The Labute approximate surface area is 80.9 Å². The summed E-state index contributed by atoms with van der Waals surface area (Å²) in [4.78, 5) is 11.4. The molecule has 2 atom stereocenters. The van der Waals surface area contributed by atoms with Crippen LogP contribution < -0.4 is 10.6 Å². The van der Waals surface area contributed by atoms with Crippen LogP contribution in [0.15, 0.2) is 0 Å². The highest BCUT2D eigenvalue weighted by Crippen LogP contribution is 2.03. The van der Waals surface area contributed by atoms with Gasteiger partial charge in [-0.1, -0.05) is 0 Å². The van der Waals surface area contributed by atoms with Crippen LogP contribution in [0.4, 0.5) is 0 Å². The van der Waals surface area contributed by atoms with Crippen molar-refractivity contribution < 1.29 is 9.00 Å². The van der Waals surface area contributed by atoms with Crippen molar-refractivity contribution in [3.8, 4) is 0 Å². The van der Waals surface area contributed by atoms with Gasteiger partial charge in [-0.25, -0.2) is 0 Å². The van der Waals surface area contributed by atoms with Gasteiger partial charge in [0.2, 0.25) is 5.91 Å². The van der Waals surface area contributed by atoms with Crippen molar-refractivity contribution in [1.29, 1.82) is 0 Å². The van der Waals surface area contributed by atoms with Crippen LogP contribution in [0, 0.1) is 0 Å². The number of nitrogens with one attached hydrogen (secondary N) is 2. The Bertz CT molecular complexity index is 202. The molecule has 1 rings (SSSR count). The molecule has 0 aliphatic carbocycles. The highest BCUT2D eigenvalue weighted by Gasteiger charge is 2.21. The molecule has 5 heteroatoms. The van der Waals surface area contributed by atoms with Gasteiger partial charge in [0, 0.05) is 29.4 Å². The smallest absolute Gasteiger partial charge is 0.237 e. The molecular formula is C8H16N2O2S. The molecule has 0 radical (unpaired) electrons. The average molecular weight is 204 g/mol. The van der Waals surface area contributed by atoms with Crippen LogP contribution in [0.25, 0.3) is 0 Å². The van der Waals surface area contributed by atoms with E-state index in [0.717, 1.165) is 19.4 Å². The van der Waals surface area contributed by atoms with Crippen LogP contribution in [-0.4, -0.2) is 41.3 Å². The molecule has 0 spiro atoms. The molecule has 4 nitrogen and oxygen atoms in total. The lowest BCUT2D eigenvalue weighted by Gasteiger charge is -2.09. The molecule has 76 valence electrons. The Hall–Kier alpha value is -0.420. The van der Waals surface area contributed by atoms with Gasteiger partial charge in [0.25, 0.3) is 0 Å². The Kier molecular flexibility index (Phi) is 4.38. The molecule has 1 aliphatic heterocycles. The van der Waals surface area contributed by atoms with Crippen LogP contribution in [-0.2, 0) is 15.6 Å². The lowest BCUT2D eigenvalue weighted by atomic mass is 10.2. The minimum Gasteiger partial charge on any atom is -0.354 e. The van der Waals surface area contributed by atoms with E-state index in [1.807, 2.05) is 0 Å². The Balaban J connectivity index is 2.13. The average Bonchev–Trinajstić information content (AvgIpc) is 2.55. The monoisotopic (exact) mass is 204 g/mol. The van der Waals surface area contributed by atoms with E-state index in [1.165, 1.54) is 0 Å². The third-order valence-electron chi connectivity index (χ3n) is 2.07. The number of carbonyl (C=O) groups excluding carboxylic acids is 1. The third kappa shape index (κ3) is 3.87. The van der Waals surface area contributed by atoms with Crippen molar-refractivity contribution in [3.05, 3.63) is 0 Å². The molecule has 13 heavy (non-hydrogen) atoms. The summed E-state index contributed by atoms with van der Waals surface area (Å²) >= 11 is 0. The SMILES string of the molecule is CS(=O)CCNC(=O)[C@H]1CCCN1. The van der Waals surface area contributed by atoms with Crippen molar-refractivity contribution in [2.24, 2.45) is 0 Å². The fourth-order valence-corrected chi connectivity index (χ4v) is 1.74. The van der Waals surface area contributed by atoms with Crippen LogP contribution in [0.2, 0.25) is 0 Å². The molecule has 1 aliphatic rings. The maximum absolute atomic E-state index is 11.4. The first-order valence-corrected chi connectivity index (χ1v) is 6.24. The van der Waals surface area contributed by atoms with E-state index in [4.69, 9.17) is 0 Å². The normalized spacial score (nSPS) is 24.2. The van der Waals surface area contributed by atoms with Gasteiger partial charge in [-0.15, -0.1) is 0 Å². The molecule has 0 bridgehead atoms. The topological polar surface area (TPSA) is 58.2 Å². The van der Waals surface area contributed by atoms with Crippen LogP contribution >= 0.6 is 0 Å². The molecule has 0 aromatic heterocycles. The Morgan fingerprint density at radius 1 is 1.69 bits per heavy atom. The van der Waals surface area contributed by atoms with E-state index in [-0.39, 0.29) is 11.9 Å². The molecule has 1 unspecified atom stereocenters. The second kappa shape index (κ2) is 5.34. The van der Waals surface area contributed by atoms with Crippen LogP contribution in [0.3, 0.4) is 0 Å². The Morgan fingerprint density at radius 2 is 2.46 bits per heavy atom. The maximum Gasteiger partial charge on any atom is 0.237 e. The number of carbonyl (C=O) groups is 1. The van der Waals surface area contributed by atoms with E-state index in [1.54, 1.807) is 6.26 Å². The highest BCUT2D eigenvalue weighted by molar-refractivity contribution is 7.84. The lowest BCUT2D eigenvalue weighted by Crippen LogP contribution is -2.41. The first-order chi connectivity index (χ1) is 6.20. The van der Waals surface area contributed by atoms with Crippen LogP contribution in [0.5, 0.6) is 0 Å². The predicted molar refractivity (Wildman–Crippen MR) is 53.0 cm³/mol. The fourth-order valence-electron chi connectivity index (χ4n) is 1.35. The standard InChI is InChI=1S/C8H16N2O2S/c1-13(12)6-5-10-8(11)7-3-2-4-9-7/h7,9H,2-6H2,1H3,(H,10,11)/t7-,13?/m1/s1. The summed E-state index contributed by atoms with van der Waals surface area (Å²) in [7, 11) is -0.819. The quantitative estimate of drug-likeness (QED) is 0.632. The van der Waals surface area contributed by atoms with Gasteiger partial charge in [-0.2, -0.15) is 0 Å². The highest BCUT2D eigenvalue weighted by atomic mass is 32.2. The van der Waals surface area contributed by atoms with E-state index in [9.17, 15) is 9.00 Å².